The zero-order valence-corrected chi connectivity index (χ0v) is 13.9. The Kier molecular flexibility index (Phi) is 5.93. The van der Waals surface area contributed by atoms with Crippen LogP contribution in [0.3, 0.4) is 0 Å². The van der Waals surface area contributed by atoms with E-state index >= 15 is 0 Å². The molecule has 3 unspecified atom stereocenters. The molecular weight excluding hydrogens is 278 g/mol. The maximum Gasteiger partial charge on any atom is 0.0462 e. The highest BCUT2D eigenvalue weighted by molar-refractivity contribution is 8.07. The van der Waals surface area contributed by atoms with Crippen molar-refractivity contribution in [3.63, 3.8) is 0 Å². The molecule has 0 saturated carbocycles. The van der Waals surface area contributed by atoms with E-state index in [9.17, 15) is 0 Å². The van der Waals surface area contributed by atoms with Gasteiger partial charge in [-0.05, 0) is 36.9 Å². The summed E-state index contributed by atoms with van der Waals surface area (Å²) in [5.41, 5.74) is 1.53. The Morgan fingerprint density at radius 1 is 1.39 bits per heavy atom. The van der Waals surface area contributed by atoms with Gasteiger partial charge in [-0.1, -0.05) is 13.8 Å². The Balaban J connectivity index is 2.16. The van der Waals surface area contributed by atoms with Gasteiger partial charge in [-0.25, -0.2) is 0 Å². The van der Waals surface area contributed by atoms with Crippen LogP contribution in [0, 0.1) is 6.92 Å². The Morgan fingerprint density at radius 3 is 2.78 bits per heavy atom. The summed E-state index contributed by atoms with van der Waals surface area (Å²) in [7, 11) is 0. The van der Waals surface area contributed by atoms with Crippen LogP contribution in [0.4, 0.5) is 0 Å². The molecule has 1 nitrogen and oxygen atoms in total. The summed E-state index contributed by atoms with van der Waals surface area (Å²) in [6.45, 7) is 8.01. The predicted molar refractivity (Wildman–Crippen MR) is 88.3 cm³/mol. The lowest BCUT2D eigenvalue weighted by Gasteiger charge is -2.35. The third-order valence-electron chi connectivity index (χ3n) is 3.41. The zero-order chi connectivity index (χ0) is 13.0. The molecule has 1 fully saturated rings. The first-order chi connectivity index (χ1) is 8.74. The van der Waals surface area contributed by atoms with E-state index in [2.05, 4.69) is 61.1 Å². The molecule has 1 N–H and O–H groups in total. The van der Waals surface area contributed by atoms with E-state index in [4.69, 9.17) is 0 Å². The minimum atomic E-state index is 0.531. The standard InChI is InChI=1S/C14H23NS3/c1-4-6-15-13(12-5-7-16-10(12)2)14-11(3)17-8-9-18-14/h5,7,11,13-15H,4,6,8-9H2,1-3H3. The predicted octanol–water partition coefficient (Wildman–Crippen LogP) is 4.33. The lowest BCUT2D eigenvalue weighted by atomic mass is 10.0. The molecular formula is C14H23NS3. The number of hydrogen-bond donors (Lipinski definition) is 1. The van der Waals surface area contributed by atoms with Crippen molar-refractivity contribution in [2.24, 2.45) is 0 Å². The van der Waals surface area contributed by atoms with Gasteiger partial charge in [-0.3, -0.25) is 0 Å². The lowest BCUT2D eigenvalue weighted by molar-refractivity contribution is 0.508. The SMILES string of the molecule is CCCNC(c1ccsc1C)C1SCCSC1C. The van der Waals surface area contributed by atoms with Gasteiger partial charge in [-0.2, -0.15) is 23.5 Å². The molecule has 1 aliphatic rings. The van der Waals surface area contributed by atoms with Gasteiger partial charge in [0.1, 0.15) is 0 Å². The summed E-state index contributed by atoms with van der Waals surface area (Å²) in [5.74, 6) is 2.61. The summed E-state index contributed by atoms with van der Waals surface area (Å²) < 4.78 is 0. The summed E-state index contributed by atoms with van der Waals surface area (Å²) in [6.07, 6.45) is 1.21. The second-order valence-electron chi connectivity index (χ2n) is 4.78. The highest BCUT2D eigenvalue weighted by Gasteiger charge is 2.31. The highest BCUT2D eigenvalue weighted by atomic mass is 32.2. The van der Waals surface area contributed by atoms with Crippen LogP contribution in [0.25, 0.3) is 0 Å². The lowest BCUT2D eigenvalue weighted by Crippen LogP contribution is -2.38. The van der Waals surface area contributed by atoms with E-state index in [-0.39, 0.29) is 0 Å². The summed E-state index contributed by atoms with van der Waals surface area (Å²) in [6, 6.07) is 2.85. The second-order valence-corrected chi connectivity index (χ2v) is 8.67. The molecule has 0 aliphatic carbocycles. The largest absolute Gasteiger partial charge is 0.309 e. The molecule has 0 spiro atoms. The van der Waals surface area contributed by atoms with Gasteiger partial charge in [-0.15, -0.1) is 11.3 Å². The summed E-state index contributed by atoms with van der Waals surface area (Å²) in [5, 5.41) is 7.48. The van der Waals surface area contributed by atoms with Crippen molar-refractivity contribution in [3.05, 3.63) is 21.9 Å². The van der Waals surface area contributed by atoms with Crippen LogP contribution in [0.2, 0.25) is 0 Å². The number of aryl methyl sites for hydroxylation is 1. The monoisotopic (exact) mass is 301 g/mol. The topological polar surface area (TPSA) is 12.0 Å². The molecule has 4 heteroatoms. The first kappa shape index (κ1) is 14.8. The second kappa shape index (κ2) is 7.22. The zero-order valence-electron chi connectivity index (χ0n) is 11.4. The van der Waals surface area contributed by atoms with Crippen LogP contribution in [0.15, 0.2) is 11.4 Å². The van der Waals surface area contributed by atoms with E-state index in [1.165, 1.54) is 28.4 Å². The molecule has 1 aromatic rings. The van der Waals surface area contributed by atoms with Gasteiger partial charge in [0.25, 0.3) is 0 Å². The highest BCUT2D eigenvalue weighted by Crippen LogP contribution is 2.40. The van der Waals surface area contributed by atoms with Gasteiger partial charge in [0.05, 0.1) is 0 Å². The van der Waals surface area contributed by atoms with Crippen molar-refractivity contribution < 1.29 is 0 Å². The average molecular weight is 302 g/mol. The molecule has 1 aromatic heterocycles. The van der Waals surface area contributed by atoms with Gasteiger partial charge >= 0.3 is 0 Å². The van der Waals surface area contributed by atoms with E-state index in [0.29, 0.717) is 11.3 Å². The quantitative estimate of drug-likeness (QED) is 0.869. The first-order valence-corrected chi connectivity index (χ1v) is 9.72. The molecule has 1 saturated heterocycles. The summed E-state index contributed by atoms with van der Waals surface area (Å²) >= 11 is 6.17. The smallest absolute Gasteiger partial charge is 0.0462 e. The van der Waals surface area contributed by atoms with Crippen molar-refractivity contribution in [3.8, 4) is 0 Å². The molecule has 102 valence electrons. The van der Waals surface area contributed by atoms with Crippen molar-refractivity contribution in [1.82, 2.24) is 5.32 Å². The maximum atomic E-state index is 3.79. The van der Waals surface area contributed by atoms with Gasteiger partial charge in [0.2, 0.25) is 0 Å². The molecule has 18 heavy (non-hydrogen) atoms. The van der Waals surface area contributed by atoms with E-state index in [0.717, 1.165) is 11.8 Å². The van der Waals surface area contributed by atoms with Crippen molar-refractivity contribution >= 4 is 34.9 Å². The molecule has 2 rings (SSSR count). The fraction of sp³-hybridized carbons (Fsp3) is 0.714. The normalized spacial score (nSPS) is 26.2. The van der Waals surface area contributed by atoms with Gasteiger partial charge in [0, 0.05) is 32.9 Å². The van der Waals surface area contributed by atoms with Crippen molar-refractivity contribution in [2.75, 3.05) is 18.1 Å². The molecule has 1 aliphatic heterocycles. The number of hydrogen-bond acceptors (Lipinski definition) is 4. The van der Waals surface area contributed by atoms with Crippen LogP contribution in [-0.2, 0) is 0 Å². The molecule has 0 radical (unpaired) electrons. The number of thiophene rings is 1. The van der Waals surface area contributed by atoms with Crippen LogP contribution in [0.5, 0.6) is 0 Å². The van der Waals surface area contributed by atoms with Crippen molar-refractivity contribution in [1.29, 1.82) is 0 Å². The average Bonchev–Trinajstić information content (AvgIpc) is 2.78. The van der Waals surface area contributed by atoms with E-state index < -0.39 is 0 Å². The summed E-state index contributed by atoms with van der Waals surface area (Å²) in [4.78, 5) is 1.48. The molecule has 0 bridgehead atoms. The Bertz CT molecular complexity index is 364. The van der Waals surface area contributed by atoms with Crippen LogP contribution in [-0.4, -0.2) is 28.6 Å². The number of thioether (sulfide) groups is 2. The number of nitrogens with one attached hydrogen (secondary N) is 1. The Hall–Kier alpha value is 0.360. The van der Waals surface area contributed by atoms with Gasteiger partial charge in [0.15, 0.2) is 0 Å². The van der Waals surface area contributed by atoms with E-state index in [1.54, 1.807) is 0 Å². The maximum absolute atomic E-state index is 3.79. The van der Waals surface area contributed by atoms with E-state index in [1.807, 2.05) is 11.3 Å². The van der Waals surface area contributed by atoms with Crippen LogP contribution in [0.1, 0.15) is 36.8 Å². The minimum Gasteiger partial charge on any atom is -0.309 e. The Morgan fingerprint density at radius 2 is 2.17 bits per heavy atom. The Labute approximate surface area is 124 Å². The van der Waals surface area contributed by atoms with Crippen LogP contribution < -0.4 is 5.32 Å². The molecule has 0 amide bonds. The fourth-order valence-electron chi connectivity index (χ4n) is 2.44. The van der Waals surface area contributed by atoms with Gasteiger partial charge < -0.3 is 5.32 Å². The third kappa shape index (κ3) is 3.47. The van der Waals surface area contributed by atoms with Crippen molar-refractivity contribution in [2.45, 2.75) is 43.7 Å². The molecule has 2 heterocycles. The molecule has 3 atom stereocenters. The minimum absolute atomic E-state index is 0.531. The molecule has 0 aromatic carbocycles. The fourth-order valence-corrected chi connectivity index (χ4v) is 6.12. The number of rotatable bonds is 5. The third-order valence-corrected chi connectivity index (χ3v) is 7.47. The first-order valence-electron chi connectivity index (χ1n) is 6.74. The van der Waals surface area contributed by atoms with Crippen LogP contribution >= 0.6 is 34.9 Å².